The fraction of sp³-hybridized carbons (Fsp3) is 0.618. The van der Waals surface area contributed by atoms with Crippen molar-refractivity contribution in [2.45, 2.75) is 109 Å². The maximum atomic E-state index is 12.2. The van der Waals surface area contributed by atoms with E-state index < -0.39 is 6.10 Å². The van der Waals surface area contributed by atoms with Crippen LogP contribution in [0.3, 0.4) is 0 Å². The highest BCUT2D eigenvalue weighted by molar-refractivity contribution is 5.72. The van der Waals surface area contributed by atoms with Crippen molar-refractivity contribution in [2.24, 2.45) is 0 Å². The molecule has 1 atom stereocenters. The summed E-state index contributed by atoms with van der Waals surface area (Å²) in [4.78, 5) is 12.2. The number of ether oxygens (including phenoxy) is 3. The van der Waals surface area contributed by atoms with Gasteiger partial charge in [0, 0.05) is 13.0 Å². The van der Waals surface area contributed by atoms with Gasteiger partial charge in [0.1, 0.15) is 5.75 Å². The largest absolute Gasteiger partial charge is 0.493 e. The molecule has 0 heterocycles. The molecule has 0 amide bonds. The summed E-state index contributed by atoms with van der Waals surface area (Å²) in [6.45, 7) is 3.42. The van der Waals surface area contributed by atoms with Crippen LogP contribution in [0.4, 0.5) is 0 Å². The number of methoxy groups -OCH3 is 2. The Hall–Kier alpha value is -2.57. The summed E-state index contributed by atoms with van der Waals surface area (Å²) < 4.78 is 16.1. The molecule has 0 aliphatic heterocycles. The number of esters is 1. The molecule has 2 rings (SSSR count). The molecule has 6 nitrogen and oxygen atoms in total. The van der Waals surface area contributed by atoms with Crippen molar-refractivity contribution in [2.75, 3.05) is 27.3 Å². The van der Waals surface area contributed by atoms with Gasteiger partial charge in [-0.15, -0.1) is 0 Å². The molecule has 0 saturated heterocycles. The van der Waals surface area contributed by atoms with Crippen LogP contribution in [-0.4, -0.2) is 38.4 Å². The third-order valence-electron chi connectivity index (χ3n) is 7.36. The second-order valence-corrected chi connectivity index (χ2v) is 10.7. The quantitative estimate of drug-likeness (QED) is 0.0823. The Morgan fingerprint density at radius 2 is 1.35 bits per heavy atom. The number of aliphatic hydroxyl groups is 1. The molecule has 0 fully saturated rings. The van der Waals surface area contributed by atoms with Crippen molar-refractivity contribution < 1.29 is 24.1 Å². The first kappa shape index (κ1) is 33.6. The van der Waals surface area contributed by atoms with Gasteiger partial charge in [0.05, 0.1) is 20.3 Å². The van der Waals surface area contributed by atoms with E-state index in [1.807, 2.05) is 30.3 Å². The lowest BCUT2D eigenvalue weighted by Crippen LogP contribution is -2.23. The van der Waals surface area contributed by atoms with Crippen LogP contribution in [0.5, 0.6) is 17.2 Å². The van der Waals surface area contributed by atoms with Gasteiger partial charge in [-0.05, 0) is 54.8 Å². The molecule has 1 unspecified atom stereocenters. The van der Waals surface area contributed by atoms with Gasteiger partial charge in [-0.1, -0.05) is 102 Å². The van der Waals surface area contributed by atoms with Crippen molar-refractivity contribution in [3.63, 3.8) is 0 Å². The Labute approximate surface area is 242 Å². The molecule has 2 N–H and O–H groups in total. The van der Waals surface area contributed by atoms with E-state index in [2.05, 4.69) is 12.2 Å². The molecule has 224 valence electrons. The van der Waals surface area contributed by atoms with Crippen LogP contribution in [0.2, 0.25) is 0 Å². The Kier molecular flexibility index (Phi) is 17.8. The van der Waals surface area contributed by atoms with Gasteiger partial charge in [0.15, 0.2) is 11.5 Å². The highest BCUT2D eigenvalue weighted by atomic mass is 16.5. The lowest BCUT2D eigenvalue weighted by molar-refractivity contribution is -0.134. The van der Waals surface area contributed by atoms with Gasteiger partial charge < -0.3 is 24.6 Å². The van der Waals surface area contributed by atoms with Gasteiger partial charge in [0.25, 0.3) is 0 Å². The minimum atomic E-state index is -0.638. The Morgan fingerprint density at radius 3 is 1.93 bits per heavy atom. The maximum absolute atomic E-state index is 12.2. The Morgan fingerprint density at radius 1 is 0.775 bits per heavy atom. The number of aliphatic hydroxyl groups excluding tert-OH is 1. The highest BCUT2D eigenvalue weighted by Gasteiger charge is 2.10. The molecule has 0 radical (unpaired) electrons. The molecular formula is C34H53NO5. The van der Waals surface area contributed by atoms with Gasteiger partial charge in [0.2, 0.25) is 0 Å². The Balaban J connectivity index is 1.52. The van der Waals surface area contributed by atoms with Crippen LogP contribution in [0, 0.1) is 0 Å². The van der Waals surface area contributed by atoms with Crippen molar-refractivity contribution in [3.8, 4) is 17.2 Å². The minimum Gasteiger partial charge on any atom is -0.493 e. The van der Waals surface area contributed by atoms with Crippen LogP contribution in [0.1, 0.15) is 114 Å². The highest BCUT2D eigenvalue weighted by Crippen LogP contribution is 2.27. The summed E-state index contributed by atoms with van der Waals surface area (Å²) in [5.74, 6) is 1.76. The Bertz CT molecular complexity index is 930. The van der Waals surface area contributed by atoms with Crippen LogP contribution in [0.25, 0.3) is 0 Å². The van der Waals surface area contributed by atoms with Crippen LogP contribution in [0.15, 0.2) is 42.5 Å². The van der Waals surface area contributed by atoms with Gasteiger partial charge in [-0.3, -0.25) is 4.79 Å². The summed E-state index contributed by atoms with van der Waals surface area (Å²) >= 11 is 0. The normalized spacial score (nSPS) is 11.8. The molecule has 0 bridgehead atoms. The van der Waals surface area contributed by atoms with Crippen LogP contribution >= 0.6 is 0 Å². The molecular weight excluding hydrogens is 502 g/mol. The topological polar surface area (TPSA) is 77.0 Å². The fourth-order valence-corrected chi connectivity index (χ4v) is 4.85. The zero-order chi connectivity index (χ0) is 28.8. The zero-order valence-electron chi connectivity index (χ0n) is 25.2. The number of unbranched alkanes of at least 4 members (excludes halogenated alkanes) is 12. The van der Waals surface area contributed by atoms with Crippen molar-refractivity contribution in [3.05, 3.63) is 53.6 Å². The lowest BCUT2D eigenvalue weighted by atomic mass is 10.0. The van der Waals surface area contributed by atoms with E-state index in [9.17, 15) is 9.90 Å². The average Bonchev–Trinajstić information content (AvgIpc) is 2.97. The molecule has 0 saturated carbocycles. The summed E-state index contributed by atoms with van der Waals surface area (Å²) in [5.41, 5.74) is 1.92. The second-order valence-electron chi connectivity index (χ2n) is 10.7. The minimum absolute atomic E-state index is 0.187. The fourth-order valence-electron chi connectivity index (χ4n) is 4.85. The predicted octanol–water partition coefficient (Wildman–Crippen LogP) is 7.96. The molecule has 0 aromatic heterocycles. The number of hydrogen-bond acceptors (Lipinski definition) is 6. The number of benzene rings is 2. The third-order valence-corrected chi connectivity index (χ3v) is 7.36. The van der Waals surface area contributed by atoms with E-state index in [-0.39, 0.29) is 5.97 Å². The summed E-state index contributed by atoms with van der Waals surface area (Å²) in [7, 11) is 3.25. The predicted molar refractivity (Wildman–Crippen MR) is 163 cm³/mol. The van der Waals surface area contributed by atoms with E-state index in [0.717, 1.165) is 36.9 Å². The van der Waals surface area contributed by atoms with Crippen molar-refractivity contribution >= 4 is 5.97 Å². The lowest BCUT2D eigenvalue weighted by Gasteiger charge is -2.14. The van der Waals surface area contributed by atoms with E-state index in [1.54, 1.807) is 26.4 Å². The number of hydrogen-bond donors (Lipinski definition) is 2. The zero-order valence-corrected chi connectivity index (χ0v) is 25.2. The molecule has 2 aromatic rings. The van der Waals surface area contributed by atoms with Gasteiger partial charge in [-0.2, -0.15) is 0 Å². The molecule has 0 spiro atoms. The molecule has 0 aliphatic rings. The SMILES string of the molecule is CCCCCCCCCCCCCCCC(=O)Oc1ccc(C(O)CNCCc2ccc(OC)c(OC)c2)cc1. The third kappa shape index (κ3) is 14.2. The van der Waals surface area contributed by atoms with E-state index in [0.29, 0.717) is 30.2 Å². The maximum Gasteiger partial charge on any atom is 0.311 e. The van der Waals surface area contributed by atoms with Crippen LogP contribution in [-0.2, 0) is 11.2 Å². The van der Waals surface area contributed by atoms with E-state index in [4.69, 9.17) is 14.2 Å². The first-order valence-corrected chi connectivity index (χ1v) is 15.5. The number of carbonyl (C=O) groups excluding carboxylic acids is 1. The van der Waals surface area contributed by atoms with Gasteiger partial charge in [-0.25, -0.2) is 0 Å². The first-order chi connectivity index (χ1) is 19.6. The molecule has 6 heteroatoms. The monoisotopic (exact) mass is 555 g/mol. The second kappa shape index (κ2) is 21.2. The van der Waals surface area contributed by atoms with Gasteiger partial charge >= 0.3 is 5.97 Å². The van der Waals surface area contributed by atoms with Crippen molar-refractivity contribution in [1.29, 1.82) is 0 Å². The summed E-state index contributed by atoms with van der Waals surface area (Å²) in [6, 6.07) is 13.0. The smallest absolute Gasteiger partial charge is 0.311 e. The molecule has 40 heavy (non-hydrogen) atoms. The summed E-state index contributed by atoms with van der Waals surface area (Å²) in [5, 5.41) is 13.8. The average molecular weight is 556 g/mol. The van der Waals surface area contributed by atoms with E-state index in [1.165, 1.54) is 70.6 Å². The number of carbonyl (C=O) groups is 1. The van der Waals surface area contributed by atoms with E-state index >= 15 is 0 Å². The summed E-state index contributed by atoms with van der Waals surface area (Å²) in [6.07, 6.45) is 17.3. The van der Waals surface area contributed by atoms with Crippen LogP contribution < -0.4 is 19.5 Å². The molecule has 2 aromatic carbocycles. The van der Waals surface area contributed by atoms with Crippen molar-refractivity contribution in [1.82, 2.24) is 5.32 Å². The number of rotatable bonds is 23. The first-order valence-electron chi connectivity index (χ1n) is 15.5. The number of nitrogens with one attached hydrogen (secondary N) is 1. The molecule has 0 aliphatic carbocycles. The standard InChI is InChI=1S/C34H53NO5/c1-4-5-6-7-8-9-10-11-12-13-14-15-16-17-34(37)40-30-21-19-29(20-22-30)31(36)27-35-25-24-28-18-23-32(38-2)33(26-28)39-3/h18-23,26,31,35-36H,4-17,24-25,27H2,1-3H3.